The fourth-order valence-electron chi connectivity index (χ4n) is 5.79. The molecular formula is C28H30N4O2S. The van der Waals surface area contributed by atoms with Crippen LogP contribution in [0, 0.1) is 0 Å². The minimum atomic E-state index is -0.973. The largest absolute Gasteiger partial charge is 0.351 e. The van der Waals surface area contributed by atoms with Crippen molar-refractivity contribution >= 4 is 34.1 Å². The number of thiophene rings is 1. The number of benzene rings is 1. The predicted molar refractivity (Wildman–Crippen MR) is 139 cm³/mol. The van der Waals surface area contributed by atoms with Gasteiger partial charge in [0.05, 0.1) is 17.7 Å². The molecule has 4 aromatic rings. The van der Waals surface area contributed by atoms with Gasteiger partial charge in [0.15, 0.2) is 0 Å². The van der Waals surface area contributed by atoms with Gasteiger partial charge in [-0.2, -0.15) is 0 Å². The van der Waals surface area contributed by atoms with E-state index in [-0.39, 0.29) is 17.9 Å². The number of carbonyl (C=O) groups is 2. The van der Waals surface area contributed by atoms with Crippen LogP contribution in [0.25, 0.3) is 16.6 Å². The maximum absolute atomic E-state index is 14.3. The first-order valence-corrected chi connectivity index (χ1v) is 13.3. The SMILES string of the molecule is CC1(C(=O)NC2CCCC2)Cn2c(c(-n3cccc3)c3ccccc32)C(=O)N1CCc1cccs1. The summed E-state index contributed by atoms with van der Waals surface area (Å²) in [7, 11) is 0. The maximum Gasteiger partial charge on any atom is 0.273 e. The van der Waals surface area contributed by atoms with Gasteiger partial charge in [-0.05, 0) is 55.8 Å². The molecule has 0 spiro atoms. The molecule has 4 heterocycles. The summed E-state index contributed by atoms with van der Waals surface area (Å²) in [5.74, 6) is -0.133. The average molecular weight is 487 g/mol. The molecule has 1 atom stereocenters. The molecule has 180 valence electrons. The van der Waals surface area contributed by atoms with Crippen molar-refractivity contribution in [2.24, 2.45) is 0 Å². The third-order valence-electron chi connectivity index (χ3n) is 7.66. The number of para-hydroxylation sites is 1. The fraction of sp³-hybridized carbons (Fsp3) is 0.357. The molecule has 2 aliphatic rings. The second-order valence-electron chi connectivity index (χ2n) is 9.91. The van der Waals surface area contributed by atoms with Crippen LogP contribution in [0.1, 0.15) is 48.0 Å². The molecule has 1 saturated carbocycles. The quantitative estimate of drug-likeness (QED) is 0.417. The van der Waals surface area contributed by atoms with E-state index in [9.17, 15) is 9.59 Å². The number of aromatic nitrogens is 2. The lowest BCUT2D eigenvalue weighted by atomic mass is 9.93. The summed E-state index contributed by atoms with van der Waals surface area (Å²) in [6.07, 6.45) is 9.01. The number of nitrogens with zero attached hydrogens (tertiary/aromatic N) is 3. The van der Waals surface area contributed by atoms with Gasteiger partial charge >= 0.3 is 0 Å². The van der Waals surface area contributed by atoms with Crippen LogP contribution in [0.15, 0.2) is 66.3 Å². The van der Waals surface area contributed by atoms with E-state index >= 15 is 0 Å². The molecule has 0 radical (unpaired) electrons. The standard InChI is InChI=1S/C28H30N4O2S/c1-28(27(34)29-20-9-2-3-10-20)19-31-23-13-5-4-12-22(23)24(30-15-6-7-16-30)25(31)26(33)32(28)17-14-21-11-8-18-35-21/h4-8,11-13,15-16,18,20H,2-3,9-10,14,17,19H2,1H3,(H,29,34). The van der Waals surface area contributed by atoms with Crippen LogP contribution in [0.4, 0.5) is 0 Å². The maximum atomic E-state index is 14.3. The molecule has 35 heavy (non-hydrogen) atoms. The average Bonchev–Trinajstić information content (AvgIpc) is 3.66. The van der Waals surface area contributed by atoms with Crippen LogP contribution < -0.4 is 5.32 Å². The highest BCUT2D eigenvalue weighted by Gasteiger charge is 2.49. The van der Waals surface area contributed by atoms with Crippen molar-refractivity contribution in [3.8, 4) is 5.69 Å². The van der Waals surface area contributed by atoms with Crippen LogP contribution in [0.5, 0.6) is 0 Å². The van der Waals surface area contributed by atoms with E-state index in [0.29, 0.717) is 18.8 Å². The van der Waals surface area contributed by atoms with Crippen molar-refractivity contribution in [1.29, 1.82) is 0 Å². The molecule has 1 fully saturated rings. The summed E-state index contributed by atoms with van der Waals surface area (Å²) >= 11 is 1.69. The number of nitrogens with one attached hydrogen (secondary N) is 1. The minimum absolute atomic E-state index is 0.0464. The number of carbonyl (C=O) groups excluding carboxylic acids is 2. The molecule has 2 amide bonds. The molecule has 1 N–H and O–H groups in total. The van der Waals surface area contributed by atoms with Crippen molar-refractivity contribution < 1.29 is 9.59 Å². The Balaban J connectivity index is 1.47. The Kier molecular flexibility index (Phi) is 5.52. The van der Waals surface area contributed by atoms with Gasteiger partial charge in [-0.25, -0.2) is 0 Å². The van der Waals surface area contributed by atoms with E-state index in [1.807, 2.05) is 59.1 Å². The second-order valence-corrected chi connectivity index (χ2v) is 10.9. The highest BCUT2D eigenvalue weighted by atomic mass is 32.1. The predicted octanol–water partition coefficient (Wildman–Crippen LogP) is 5.01. The van der Waals surface area contributed by atoms with Crippen molar-refractivity contribution in [2.75, 3.05) is 6.54 Å². The van der Waals surface area contributed by atoms with Crippen molar-refractivity contribution in [2.45, 2.75) is 57.2 Å². The number of hydrogen-bond acceptors (Lipinski definition) is 3. The van der Waals surface area contributed by atoms with Crippen molar-refractivity contribution in [3.63, 3.8) is 0 Å². The first-order valence-electron chi connectivity index (χ1n) is 12.5. The third-order valence-corrected chi connectivity index (χ3v) is 8.59. The zero-order chi connectivity index (χ0) is 24.0. The Morgan fingerprint density at radius 3 is 2.60 bits per heavy atom. The number of hydrogen-bond donors (Lipinski definition) is 1. The Morgan fingerprint density at radius 2 is 1.86 bits per heavy atom. The lowest BCUT2D eigenvalue weighted by Gasteiger charge is -2.44. The number of amides is 2. The molecule has 1 aliphatic heterocycles. The number of fused-ring (bicyclic) bond motifs is 3. The Bertz CT molecular complexity index is 1370. The zero-order valence-electron chi connectivity index (χ0n) is 19.9. The topological polar surface area (TPSA) is 59.3 Å². The summed E-state index contributed by atoms with van der Waals surface area (Å²) in [4.78, 5) is 31.2. The van der Waals surface area contributed by atoms with Gasteiger partial charge in [-0.3, -0.25) is 9.59 Å². The second kappa shape index (κ2) is 8.72. The first kappa shape index (κ1) is 22.2. The van der Waals surface area contributed by atoms with Gasteiger partial charge in [0, 0.05) is 35.2 Å². The van der Waals surface area contributed by atoms with Crippen molar-refractivity contribution in [1.82, 2.24) is 19.4 Å². The molecular weight excluding hydrogens is 456 g/mol. The molecule has 7 heteroatoms. The van der Waals surface area contributed by atoms with Gasteiger partial charge in [0.1, 0.15) is 11.2 Å². The van der Waals surface area contributed by atoms with Crippen LogP contribution >= 0.6 is 11.3 Å². The van der Waals surface area contributed by atoms with E-state index in [2.05, 4.69) is 33.5 Å². The van der Waals surface area contributed by atoms with E-state index in [0.717, 1.165) is 48.7 Å². The van der Waals surface area contributed by atoms with Gasteiger partial charge in [0.25, 0.3) is 5.91 Å². The highest BCUT2D eigenvalue weighted by Crippen LogP contribution is 2.38. The van der Waals surface area contributed by atoms with Crippen LogP contribution in [-0.4, -0.2) is 44.0 Å². The molecule has 1 aliphatic carbocycles. The van der Waals surface area contributed by atoms with Gasteiger partial charge in [0.2, 0.25) is 5.91 Å². The zero-order valence-corrected chi connectivity index (χ0v) is 20.8. The van der Waals surface area contributed by atoms with E-state index < -0.39 is 5.54 Å². The molecule has 1 unspecified atom stereocenters. The van der Waals surface area contributed by atoms with E-state index in [1.165, 1.54) is 4.88 Å². The Labute approximate surface area is 209 Å². The van der Waals surface area contributed by atoms with Gasteiger partial charge in [-0.15, -0.1) is 11.3 Å². The molecule has 0 bridgehead atoms. The fourth-order valence-corrected chi connectivity index (χ4v) is 6.48. The van der Waals surface area contributed by atoms with Gasteiger partial charge < -0.3 is 19.4 Å². The summed E-state index contributed by atoms with van der Waals surface area (Å²) < 4.78 is 4.09. The Morgan fingerprint density at radius 1 is 1.09 bits per heavy atom. The Hall–Kier alpha value is -3.32. The molecule has 6 nitrogen and oxygen atoms in total. The summed E-state index contributed by atoms with van der Waals surface area (Å²) in [6, 6.07) is 16.4. The molecule has 1 aromatic carbocycles. The summed E-state index contributed by atoms with van der Waals surface area (Å²) in [5, 5.41) is 6.37. The normalized spacial score (nSPS) is 20.5. The van der Waals surface area contributed by atoms with E-state index in [4.69, 9.17) is 0 Å². The summed E-state index contributed by atoms with van der Waals surface area (Å²) in [6.45, 7) is 2.87. The van der Waals surface area contributed by atoms with Crippen LogP contribution in [0.2, 0.25) is 0 Å². The first-order chi connectivity index (χ1) is 17.1. The smallest absolute Gasteiger partial charge is 0.273 e. The minimum Gasteiger partial charge on any atom is -0.351 e. The van der Waals surface area contributed by atoms with Crippen LogP contribution in [-0.2, 0) is 17.8 Å². The highest BCUT2D eigenvalue weighted by molar-refractivity contribution is 7.09. The monoisotopic (exact) mass is 486 g/mol. The molecule has 0 saturated heterocycles. The van der Waals surface area contributed by atoms with E-state index in [1.54, 1.807) is 11.3 Å². The number of rotatable bonds is 6. The lowest BCUT2D eigenvalue weighted by Crippen LogP contribution is -2.65. The molecule has 3 aromatic heterocycles. The third kappa shape index (κ3) is 3.69. The summed E-state index contributed by atoms with van der Waals surface area (Å²) in [5.41, 5.74) is 1.55. The lowest BCUT2D eigenvalue weighted by molar-refractivity contribution is -0.133. The van der Waals surface area contributed by atoms with Gasteiger partial charge in [-0.1, -0.05) is 37.1 Å². The van der Waals surface area contributed by atoms with Crippen molar-refractivity contribution in [3.05, 3.63) is 76.9 Å². The van der Waals surface area contributed by atoms with Crippen LogP contribution in [0.3, 0.4) is 0 Å². The molecule has 6 rings (SSSR count).